The summed E-state index contributed by atoms with van der Waals surface area (Å²) in [6, 6.07) is 0. The van der Waals surface area contributed by atoms with Gasteiger partial charge in [-0.1, -0.05) is 6.92 Å². The van der Waals surface area contributed by atoms with Crippen molar-refractivity contribution in [1.82, 2.24) is 15.3 Å². The predicted molar refractivity (Wildman–Crippen MR) is 73.1 cm³/mol. The highest BCUT2D eigenvalue weighted by atomic mass is 19.4. The molecule has 1 heterocycles. The van der Waals surface area contributed by atoms with E-state index in [0.717, 1.165) is 13.0 Å². The Morgan fingerprint density at radius 2 is 1.95 bits per heavy atom. The lowest BCUT2D eigenvalue weighted by Gasteiger charge is -2.07. The Balaban J connectivity index is 2.28. The molecule has 1 aromatic heterocycles. The summed E-state index contributed by atoms with van der Waals surface area (Å²) in [5.41, 5.74) is 0.146. The summed E-state index contributed by atoms with van der Waals surface area (Å²) in [6.07, 6.45) is -0.972. The first-order chi connectivity index (χ1) is 9.92. The van der Waals surface area contributed by atoms with Crippen LogP contribution in [-0.4, -0.2) is 35.1 Å². The summed E-state index contributed by atoms with van der Waals surface area (Å²) in [7, 11) is 0. The number of anilines is 1. The Morgan fingerprint density at radius 3 is 2.52 bits per heavy atom. The van der Waals surface area contributed by atoms with E-state index < -0.39 is 18.5 Å². The molecule has 8 heteroatoms. The van der Waals surface area contributed by atoms with Gasteiger partial charge in [-0.3, -0.25) is 4.79 Å². The second kappa shape index (κ2) is 8.43. The van der Waals surface area contributed by atoms with E-state index in [1.807, 2.05) is 6.92 Å². The van der Waals surface area contributed by atoms with Crippen LogP contribution in [0, 0.1) is 0 Å². The fraction of sp³-hybridized carbons (Fsp3) is 0.615. The average Bonchev–Trinajstić information content (AvgIpc) is 2.44. The Labute approximate surface area is 121 Å². The van der Waals surface area contributed by atoms with Crippen molar-refractivity contribution in [2.75, 3.05) is 18.4 Å². The zero-order valence-corrected chi connectivity index (χ0v) is 11.8. The fourth-order valence-electron chi connectivity index (χ4n) is 1.53. The molecular formula is C13H19F3N4O. The van der Waals surface area contributed by atoms with Crippen LogP contribution in [0.5, 0.6) is 0 Å². The van der Waals surface area contributed by atoms with E-state index in [-0.39, 0.29) is 25.1 Å². The first-order valence-corrected chi connectivity index (χ1v) is 6.83. The van der Waals surface area contributed by atoms with Crippen molar-refractivity contribution < 1.29 is 18.0 Å². The van der Waals surface area contributed by atoms with Gasteiger partial charge in [0.15, 0.2) is 0 Å². The molecule has 0 saturated carbocycles. The molecule has 118 valence electrons. The van der Waals surface area contributed by atoms with Crippen molar-refractivity contribution in [3.8, 4) is 0 Å². The Morgan fingerprint density at radius 1 is 1.19 bits per heavy atom. The maximum Gasteiger partial charge on any atom is 0.389 e. The molecule has 2 N–H and O–H groups in total. The van der Waals surface area contributed by atoms with Gasteiger partial charge in [-0.05, 0) is 19.3 Å². The summed E-state index contributed by atoms with van der Waals surface area (Å²) in [6.45, 7) is 2.97. The quantitative estimate of drug-likeness (QED) is 0.725. The third kappa shape index (κ3) is 7.48. The summed E-state index contributed by atoms with van der Waals surface area (Å²) in [4.78, 5) is 19.7. The summed E-state index contributed by atoms with van der Waals surface area (Å²) in [5.74, 6) is 0.148. The first-order valence-electron chi connectivity index (χ1n) is 6.83. The molecule has 0 unspecified atom stereocenters. The fourth-order valence-corrected chi connectivity index (χ4v) is 1.53. The van der Waals surface area contributed by atoms with Crippen LogP contribution in [0.2, 0.25) is 0 Å². The van der Waals surface area contributed by atoms with Gasteiger partial charge in [0.1, 0.15) is 11.5 Å². The molecule has 0 aromatic carbocycles. The van der Waals surface area contributed by atoms with E-state index >= 15 is 0 Å². The summed E-state index contributed by atoms with van der Waals surface area (Å²) >= 11 is 0. The van der Waals surface area contributed by atoms with Gasteiger partial charge in [0.25, 0.3) is 5.91 Å². The highest BCUT2D eigenvalue weighted by Crippen LogP contribution is 2.21. The molecule has 0 atom stereocenters. The van der Waals surface area contributed by atoms with Crippen LogP contribution in [0.1, 0.15) is 43.1 Å². The number of alkyl halides is 3. The minimum atomic E-state index is -4.14. The summed E-state index contributed by atoms with van der Waals surface area (Å²) < 4.78 is 35.8. The van der Waals surface area contributed by atoms with E-state index in [9.17, 15) is 18.0 Å². The number of nitrogens with one attached hydrogen (secondary N) is 2. The van der Waals surface area contributed by atoms with Crippen LogP contribution in [-0.2, 0) is 0 Å². The van der Waals surface area contributed by atoms with E-state index in [1.54, 1.807) is 0 Å². The lowest BCUT2D eigenvalue weighted by molar-refractivity contribution is -0.135. The molecule has 0 aliphatic rings. The molecule has 0 spiro atoms. The number of aromatic nitrogens is 2. The van der Waals surface area contributed by atoms with Gasteiger partial charge in [0.05, 0.1) is 12.4 Å². The maximum atomic E-state index is 11.9. The van der Waals surface area contributed by atoms with E-state index in [2.05, 4.69) is 20.6 Å². The van der Waals surface area contributed by atoms with Crippen LogP contribution < -0.4 is 10.6 Å². The van der Waals surface area contributed by atoms with Crippen molar-refractivity contribution in [2.24, 2.45) is 0 Å². The number of unbranched alkanes of at least 4 members (excludes halogenated alkanes) is 1. The van der Waals surface area contributed by atoms with E-state index in [0.29, 0.717) is 5.82 Å². The molecule has 0 bridgehead atoms. The minimum Gasteiger partial charge on any atom is -0.369 e. The highest BCUT2D eigenvalue weighted by molar-refractivity contribution is 5.91. The second-order valence-corrected chi connectivity index (χ2v) is 4.54. The highest BCUT2D eigenvalue weighted by Gasteiger charge is 2.25. The Hall–Kier alpha value is -1.86. The molecule has 0 saturated heterocycles. The van der Waals surface area contributed by atoms with Gasteiger partial charge < -0.3 is 10.6 Å². The lowest BCUT2D eigenvalue weighted by Crippen LogP contribution is -2.25. The van der Waals surface area contributed by atoms with Crippen LogP contribution in [0.3, 0.4) is 0 Å². The van der Waals surface area contributed by atoms with E-state index in [4.69, 9.17) is 0 Å². The summed E-state index contributed by atoms with van der Waals surface area (Å²) in [5, 5.41) is 5.54. The van der Waals surface area contributed by atoms with E-state index in [1.165, 1.54) is 12.4 Å². The average molecular weight is 304 g/mol. The molecule has 0 radical (unpaired) electrons. The van der Waals surface area contributed by atoms with Crippen LogP contribution in [0.4, 0.5) is 19.0 Å². The number of halogens is 3. The normalized spacial score (nSPS) is 11.2. The molecule has 0 aliphatic carbocycles. The van der Waals surface area contributed by atoms with Gasteiger partial charge in [-0.2, -0.15) is 13.2 Å². The van der Waals surface area contributed by atoms with Gasteiger partial charge >= 0.3 is 6.18 Å². The Bertz CT molecular complexity index is 434. The maximum absolute atomic E-state index is 11.9. The van der Waals surface area contributed by atoms with Crippen LogP contribution in [0.25, 0.3) is 0 Å². The standard InChI is InChI=1S/C13H19F3N4O/c1-2-6-17-11-9-19-10(8-20-11)12(21)18-7-4-3-5-13(14,15)16/h8-9H,2-7H2,1H3,(H,17,20)(H,18,21). The largest absolute Gasteiger partial charge is 0.389 e. The number of carbonyl (C=O) groups is 1. The lowest BCUT2D eigenvalue weighted by atomic mass is 10.2. The molecule has 5 nitrogen and oxygen atoms in total. The van der Waals surface area contributed by atoms with Crippen LogP contribution in [0.15, 0.2) is 12.4 Å². The topological polar surface area (TPSA) is 66.9 Å². The van der Waals surface area contributed by atoms with Crippen molar-refractivity contribution in [3.63, 3.8) is 0 Å². The third-order valence-corrected chi connectivity index (χ3v) is 2.61. The van der Waals surface area contributed by atoms with Crippen LogP contribution >= 0.6 is 0 Å². The second-order valence-electron chi connectivity index (χ2n) is 4.54. The van der Waals surface area contributed by atoms with Crippen molar-refractivity contribution in [3.05, 3.63) is 18.1 Å². The number of hydrogen-bond acceptors (Lipinski definition) is 4. The van der Waals surface area contributed by atoms with Crippen molar-refractivity contribution >= 4 is 11.7 Å². The number of hydrogen-bond donors (Lipinski definition) is 2. The van der Waals surface area contributed by atoms with Gasteiger partial charge in [0.2, 0.25) is 0 Å². The predicted octanol–water partition coefficient (Wildman–Crippen LogP) is 2.76. The minimum absolute atomic E-state index is 0.00463. The van der Waals surface area contributed by atoms with Gasteiger partial charge in [0, 0.05) is 19.5 Å². The number of nitrogens with zero attached hydrogens (tertiary/aromatic N) is 2. The number of rotatable bonds is 8. The van der Waals surface area contributed by atoms with Gasteiger partial charge in [-0.25, -0.2) is 9.97 Å². The first kappa shape index (κ1) is 17.2. The molecule has 1 aromatic rings. The molecule has 1 amide bonds. The monoisotopic (exact) mass is 304 g/mol. The number of carbonyl (C=O) groups excluding carboxylic acids is 1. The molecule has 0 aliphatic heterocycles. The molecule has 0 fully saturated rings. The zero-order valence-electron chi connectivity index (χ0n) is 11.8. The molecule has 21 heavy (non-hydrogen) atoms. The van der Waals surface area contributed by atoms with Crippen molar-refractivity contribution in [2.45, 2.75) is 38.8 Å². The zero-order chi connectivity index (χ0) is 15.7. The SMILES string of the molecule is CCCNc1cnc(C(=O)NCCCCC(F)(F)F)cn1. The number of amides is 1. The molecule has 1 rings (SSSR count). The Kier molecular flexibility index (Phi) is 6.90. The van der Waals surface area contributed by atoms with Crippen molar-refractivity contribution in [1.29, 1.82) is 0 Å². The van der Waals surface area contributed by atoms with Gasteiger partial charge in [-0.15, -0.1) is 0 Å². The third-order valence-electron chi connectivity index (χ3n) is 2.61. The molecular weight excluding hydrogens is 285 g/mol. The smallest absolute Gasteiger partial charge is 0.369 e.